The topological polar surface area (TPSA) is 80.0 Å². The quantitative estimate of drug-likeness (QED) is 0.606. The van der Waals surface area contributed by atoms with Crippen molar-refractivity contribution in [3.63, 3.8) is 0 Å². The Morgan fingerprint density at radius 2 is 1.96 bits per heavy atom. The summed E-state index contributed by atoms with van der Waals surface area (Å²) in [6.07, 6.45) is -2.32. The van der Waals surface area contributed by atoms with Gasteiger partial charge in [0, 0.05) is 13.6 Å². The van der Waals surface area contributed by atoms with Gasteiger partial charge >= 0.3 is 6.18 Å². The molecule has 0 saturated heterocycles. The molecule has 0 fully saturated rings. The Bertz CT molecular complexity index is 611. The Labute approximate surface area is 146 Å². The molecule has 1 aromatic carbocycles. The summed E-state index contributed by atoms with van der Waals surface area (Å²) in [6.45, 7) is 5.03. The predicted octanol–water partition coefficient (Wildman–Crippen LogP) is 3.20. The molecule has 1 atom stereocenters. The molecule has 0 radical (unpaired) electrons. The first kappa shape index (κ1) is 20.8. The van der Waals surface area contributed by atoms with Crippen LogP contribution in [0, 0.1) is 5.92 Å². The van der Waals surface area contributed by atoms with Crippen LogP contribution in [-0.4, -0.2) is 30.4 Å². The lowest BCUT2D eigenvalue weighted by molar-refractivity contribution is -0.137. The second kappa shape index (κ2) is 9.29. The van der Waals surface area contributed by atoms with Gasteiger partial charge in [-0.05, 0) is 30.0 Å². The lowest BCUT2D eigenvalue weighted by Gasteiger charge is -2.19. The van der Waals surface area contributed by atoms with Crippen molar-refractivity contribution in [2.24, 2.45) is 27.4 Å². The summed E-state index contributed by atoms with van der Waals surface area (Å²) in [5.41, 5.74) is 11.2. The van der Waals surface area contributed by atoms with Gasteiger partial charge in [0.2, 0.25) is 5.96 Å². The number of nitrogens with two attached hydrogens (primary N) is 2. The van der Waals surface area contributed by atoms with E-state index in [0.29, 0.717) is 11.5 Å². The van der Waals surface area contributed by atoms with Gasteiger partial charge < -0.3 is 16.4 Å². The highest BCUT2D eigenvalue weighted by Gasteiger charge is 2.30. The summed E-state index contributed by atoms with van der Waals surface area (Å²) in [5, 5.41) is 0. The van der Waals surface area contributed by atoms with Gasteiger partial charge in [-0.1, -0.05) is 32.4 Å². The normalized spacial score (nSPS) is 14.5. The highest BCUT2D eigenvalue weighted by Crippen LogP contribution is 2.29. The van der Waals surface area contributed by atoms with E-state index >= 15 is 0 Å². The smallest absolute Gasteiger partial charge is 0.369 e. The maximum Gasteiger partial charge on any atom is 0.416 e. The molecule has 0 aliphatic carbocycles. The minimum Gasteiger partial charge on any atom is -0.369 e. The van der Waals surface area contributed by atoms with Crippen LogP contribution in [0.4, 0.5) is 13.2 Å². The molecule has 0 heterocycles. The van der Waals surface area contributed by atoms with E-state index in [0.717, 1.165) is 31.5 Å². The lowest BCUT2D eigenvalue weighted by atomic mass is 10.1. The first-order valence-corrected chi connectivity index (χ1v) is 8.14. The van der Waals surface area contributed by atoms with Gasteiger partial charge in [-0.15, -0.1) is 0 Å². The first-order valence-electron chi connectivity index (χ1n) is 8.14. The van der Waals surface area contributed by atoms with E-state index in [1.807, 2.05) is 0 Å². The fraction of sp³-hybridized carbons (Fsp3) is 0.529. The van der Waals surface area contributed by atoms with Crippen LogP contribution in [-0.2, 0) is 12.7 Å². The summed E-state index contributed by atoms with van der Waals surface area (Å²) < 4.78 is 38.0. The van der Waals surface area contributed by atoms with Crippen molar-refractivity contribution in [3.05, 3.63) is 35.4 Å². The summed E-state index contributed by atoms with van der Waals surface area (Å²) in [7, 11) is 1.81. The van der Waals surface area contributed by atoms with E-state index in [1.54, 1.807) is 18.0 Å². The number of halogens is 3. The molecule has 1 aromatic rings. The third kappa shape index (κ3) is 7.45. The second-order valence-corrected chi connectivity index (χ2v) is 6.07. The van der Waals surface area contributed by atoms with Gasteiger partial charge in [0.15, 0.2) is 5.96 Å². The van der Waals surface area contributed by atoms with Gasteiger partial charge in [0.25, 0.3) is 0 Å². The minimum absolute atomic E-state index is 0.00309. The van der Waals surface area contributed by atoms with Crippen molar-refractivity contribution in [1.82, 2.24) is 4.90 Å². The van der Waals surface area contributed by atoms with Crippen LogP contribution < -0.4 is 11.5 Å². The van der Waals surface area contributed by atoms with Crippen molar-refractivity contribution in [2.75, 3.05) is 13.6 Å². The molecule has 0 aliphatic heterocycles. The number of nitrogens with zero attached hydrogens (tertiary/aromatic N) is 3. The van der Waals surface area contributed by atoms with E-state index in [1.165, 1.54) is 6.07 Å². The molecule has 0 bridgehead atoms. The molecule has 0 saturated carbocycles. The average Bonchev–Trinajstić information content (AvgIpc) is 2.56. The van der Waals surface area contributed by atoms with Crippen LogP contribution >= 0.6 is 0 Å². The zero-order valence-electron chi connectivity index (χ0n) is 14.8. The first-order chi connectivity index (χ1) is 11.6. The molecule has 0 aliphatic rings. The maximum atomic E-state index is 12.7. The van der Waals surface area contributed by atoms with Crippen LogP contribution in [0.5, 0.6) is 0 Å². The van der Waals surface area contributed by atoms with Crippen molar-refractivity contribution in [3.8, 4) is 0 Å². The van der Waals surface area contributed by atoms with Gasteiger partial charge in [-0.2, -0.15) is 18.2 Å². The van der Waals surface area contributed by atoms with E-state index in [2.05, 4.69) is 23.8 Å². The Hall–Kier alpha value is -2.25. The Morgan fingerprint density at radius 1 is 1.28 bits per heavy atom. The molecule has 0 amide bonds. The number of guanidine groups is 2. The molecule has 140 valence electrons. The third-order valence-electron chi connectivity index (χ3n) is 3.95. The van der Waals surface area contributed by atoms with Crippen molar-refractivity contribution >= 4 is 11.9 Å². The molecule has 5 nitrogen and oxygen atoms in total. The SMILES string of the molecule is CCC(C)CCN(C)C(N)=NC(N)=NCc1cccc(C(F)(F)F)c1. The van der Waals surface area contributed by atoms with Crippen LogP contribution in [0.15, 0.2) is 34.3 Å². The predicted molar refractivity (Wildman–Crippen MR) is 95.1 cm³/mol. The fourth-order valence-electron chi connectivity index (χ4n) is 1.99. The summed E-state index contributed by atoms with van der Waals surface area (Å²) in [5.74, 6) is 0.751. The van der Waals surface area contributed by atoms with Gasteiger partial charge in [0.1, 0.15) is 0 Å². The largest absolute Gasteiger partial charge is 0.416 e. The number of hydrogen-bond donors (Lipinski definition) is 2. The number of alkyl halides is 3. The van der Waals surface area contributed by atoms with Gasteiger partial charge in [0.05, 0.1) is 12.1 Å². The summed E-state index contributed by atoms with van der Waals surface area (Å²) in [4.78, 5) is 9.75. The van der Waals surface area contributed by atoms with Crippen LogP contribution in [0.1, 0.15) is 37.8 Å². The zero-order valence-corrected chi connectivity index (χ0v) is 14.8. The Balaban J connectivity index is 2.68. The number of rotatable bonds is 6. The number of benzene rings is 1. The number of hydrogen-bond acceptors (Lipinski definition) is 1. The third-order valence-corrected chi connectivity index (χ3v) is 3.95. The average molecular weight is 357 g/mol. The van der Waals surface area contributed by atoms with Crippen molar-refractivity contribution < 1.29 is 13.2 Å². The van der Waals surface area contributed by atoms with Crippen molar-refractivity contribution in [1.29, 1.82) is 0 Å². The van der Waals surface area contributed by atoms with Crippen LogP contribution in [0.3, 0.4) is 0 Å². The Kier molecular flexibility index (Phi) is 7.73. The fourth-order valence-corrected chi connectivity index (χ4v) is 1.99. The molecule has 0 spiro atoms. The minimum atomic E-state index is -4.38. The molecule has 0 aromatic heterocycles. The molecular formula is C17H26F3N5. The molecule has 4 N–H and O–H groups in total. The Morgan fingerprint density at radius 3 is 2.56 bits per heavy atom. The highest BCUT2D eigenvalue weighted by molar-refractivity contribution is 5.93. The van der Waals surface area contributed by atoms with E-state index in [9.17, 15) is 13.2 Å². The molecule has 8 heteroatoms. The molecule has 1 unspecified atom stereocenters. The van der Waals surface area contributed by atoms with Crippen LogP contribution in [0.25, 0.3) is 0 Å². The van der Waals surface area contributed by atoms with E-state index in [4.69, 9.17) is 11.5 Å². The lowest BCUT2D eigenvalue weighted by Crippen LogP contribution is -2.36. The molecule has 25 heavy (non-hydrogen) atoms. The zero-order chi connectivity index (χ0) is 19.0. The second-order valence-electron chi connectivity index (χ2n) is 6.07. The van der Waals surface area contributed by atoms with Crippen molar-refractivity contribution in [2.45, 2.75) is 39.4 Å². The molecule has 1 rings (SSSR count). The standard InChI is InChI=1S/C17H26F3N5/c1-4-12(2)8-9-25(3)16(22)24-15(21)23-11-13-6-5-7-14(10-13)17(18,19)20/h5-7,10,12H,4,8-9,11H2,1-3H3,(H4,21,22,23,24). The summed E-state index contributed by atoms with van der Waals surface area (Å²) in [6, 6.07) is 4.95. The van der Waals surface area contributed by atoms with Crippen LogP contribution in [0.2, 0.25) is 0 Å². The monoisotopic (exact) mass is 357 g/mol. The van der Waals surface area contributed by atoms with E-state index < -0.39 is 11.7 Å². The number of aliphatic imine (C=N–C) groups is 2. The highest BCUT2D eigenvalue weighted by atomic mass is 19.4. The van der Waals surface area contributed by atoms with E-state index in [-0.39, 0.29) is 18.5 Å². The van der Waals surface area contributed by atoms with Gasteiger partial charge in [-0.3, -0.25) is 0 Å². The van der Waals surface area contributed by atoms with Gasteiger partial charge in [-0.25, -0.2) is 4.99 Å². The maximum absolute atomic E-state index is 12.7. The molecular weight excluding hydrogens is 331 g/mol. The summed E-state index contributed by atoms with van der Waals surface area (Å²) >= 11 is 0.